The van der Waals surface area contributed by atoms with E-state index in [2.05, 4.69) is 10.6 Å². The predicted molar refractivity (Wildman–Crippen MR) is 167 cm³/mol. The summed E-state index contributed by atoms with van der Waals surface area (Å²) in [6, 6.07) is 9.00. The molecule has 0 radical (unpaired) electrons. The molecule has 1 aromatic rings. The zero-order valence-electron chi connectivity index (χ0n) is 26.3. The zero-order valence-corrected chi connectivity index (χ0v) is 26.3. The summed E-state index contributed by atoms with van der Waals surface area (Å²) in [5.74, 6) is 0.503. The number of aliphatic hydroxyl groups is 1. The molecule has 1 aliphatic carbocycles. The highest BCUT2D eigenvalue weighted by Crippen LogP contribution is 2.30. The molecule has 42 heavy (non-hydrogen) atoms. The van der Waals surface area contributed by atoms with Crippen LogP contribution in [-0.2, 0) is 25.5 Å². The van der Waals surface area contributed by atoms with Crippen LogP contribution in [0.25, 0.3) is 0 Å². The molecule has 7 heteroatoms. The van der Waals surface area contributed by atoms with Crippen molar-refractivity contribution in [1.82, 2.24) is 10.6 Å². The van der Waals surface area contributed by atoms with E-state index in [4.69, 9.17) is 4.74 Å². The summed E-state index contributed by atoms with van der Waals surface area (Å²) >= 11 is 0. The Balaban J connectivity index is 1.73. The number of aliphatic hydroxyl groups excluding tert-OH is 1. The number of hydrogen-bond acceptors (Lipinski definition) is 5. The van der Waals surface area contributed by atoms with Gasteiger partial charge in [-0.05, 0) is 55.4 Å². The van der Waals surface area contributed by atoms with Gasteiger partial charge in [0.1, 0.15) is 0 Å². The maximum atomic E-state index is 13.6. The Kier molecular flexibility index (Phi) is 15.0. The smallest absolute Gasteiger partial charge is 0.223 e. The number of carbonyl (C=O) groups excluding carboxylic acids is 3. The number of rotatable bonds is 17. The van der Waals surface area contributed by atoms with Gasteiger partial charge in [0, 0.05) is 32.5 Å². The summed E-state index contributed by atoms with van der Waals surface area (Å²) < 4.78 is 5.45. The van der Waals surface area contributed by atoms with Crippen LogP contribution in [-0.4, -0.2) is 54.1 Å². The second-order valence-corrected chi connectivity index (χ2v) is 13.0. The quantitative estimate of drug-likeness (QED) is 0.216. The molecule has 7 nitrogen and oxygen atoms in total. The number of nitrogens with one attached hydrogen (secondary N) is 2. The largest absolute Gasteiger partial charge is 0.391 e. The van der Waals surface area contributed by atoms with Gasteiger partial charge < -0.3 is 20.5 Å². The number of ether oxygens (including phenoxy) is 1. The first-order valence-electron chi connectivity index (χ1n) is 16.7. The van der Waals surface area contributed by atoms with E-state index in [-0.39, 0.29) is 35.4 Å². The van der Waals surface area contributed by atoms with Gasteiger partial charge in [0.15, 0.2) is 5.78 Å². The third-order valence-corrected chi connectivity index (χ3v) is 9.62. The normalized spacial score (nSPS) is 20.2. The van der Waals surface area contributed by atoms with Crippen LogP contribution in [0, 0.1) is 23.7 Å². The van der Waals surface area contributed by atoms with Crippen LogP contribution in [0.5, 0.6) is 0 Å². The van der Waals surface area contributed by atoms with E-state index in [1.165, 1.54) is 39.0 Å². The highest BCUT2D eigenvalue weighted by molar-refractivity contribution is 5.88. The lowest BCUT2D eigenvalue weighted by molar-refractivity contribution is -0.130. The highest BCUT2D eigenvalue weighted by Gasteiger charge is 2.32. The highest BCUT2D eigenvalue weighted by atomic mass is 16.5. The van der Waals surface area contributed by atoms with Gasteiger partial charge in [-0.25, -0.2) is 0 Å². The van der Waals surface area contributed by atoms with Crippen LogP contribution in [0.3, 0.4) is 0 Å². The van der Waals surface area contributed by atoms with Crippen LogP contribution >= 0.6 is 0 Å². The standard InChI is InChI=1S/C35H56N2O5/c1-4-25(2)34(36-26(3)38)33(40)24-29(17-11-16-27-12-7-5-8-13-27)23-32(39)31(22-28-14-9-6-10-15-28)37-35(41)30-18-20-42-21-19-30/h6,9-10,14-15,25,27,29-32,34,39H,4-5,7-8,11-13,16-24H2,1-3H3,(H,36,38)(H,37,41)/t25?,29-,31-,32-,34-/m0/s1. The van der Waals surface area contributed by atoms with E-state index in [9.17, 15) is 19.5 Å². The minimum absolute atomic E-state index is 0.0188. The second-order valence-electron chi connectivity index (χ2n) is 13.0. The molecular weight excluding hydrogens is 528 g/mol. The Hall–Kier alpha value is -2.25. The molecule has 0 spiro atoms. The fourth-order valence-electron chi connectivity index (χ4n) is 6.80. The van der Waals surface area contributed by atoms with Crippen molar-refractivity contribution in [3.05, 3.63) is 35.9 Å². The van der Waals surface area contributed by atoms with E-state index >= 15 is 0 Å². The zero-order chi connectivity index (χ0) is 30.3. The summed E-state index contributed by atoms with van der Waals surface area (Å²) in [6.07, 6.45) is 12.3. The van der Waals surface area contributed by atoms with E-state index in [1.807, 2.05) is 44.2 Å². The van der Waals surface area contributed by atoms with Gasteiger partial charge in [-0.1, -0.05) is 95.5 Å². The summed E-state index contributed by atoms with van der Waals surface area (Å²) in [7, 11) is 0. The summed E-state index contributed by atoms with van der Waals surface area (Å²) in [6.45, 7) is 6.67. The molecule has 2 amide bonds. The molecule has 0 bridgehead atoms. The Morgan fingerprint density at radius 3 is 2.33 bits per heavy atom. The predicted octanol–water partition coefficient (Wildman–Crippen LogP) is 5.77. The van der Waals surface area contributed by atoms with Crippen molar-refractivity contribution in [3.8, 4) is 0 Å². The number of ketones is 1. The number of benzene rings is 1. The molecule has 1 aromatic carbocycles. The first-order chi connectivity index (χ1) is 20.3. The number of amides is 2. The van der Waals surface area contributed by atoms with Crippen LogP contribution in [0.15, 0.2) is 30.3 Å². The molecule has 3 rings (SSSR count). The maximum Gasteiger partial charge on any atom is 0.223 e. The van der Waals surface area contributed by atoms with Crippen molar-refractivity contribution in [2.45, 2.75) is 129 Å². The van der Waals surface area contributed by atoms with Gasteiger partial charge in [0.2, 0.25) is 11.8 Å². The molecule has 2 fully saturated rings. The molecule has 1 heterocycles. The Labute approximate surface area is 253 Å². The average molecular weight is 585 g/mol. The molecule has 1 unspecified atom stereocenters. The molecule has 2 aliphatic rings. The molecule has 1 saturated carbocycles. The van der Waals surface area contributed by atoms with E-state index in [0.717, 1.165) is 37.2 Å². The lowest BCUT2D eigenvalue weighted by Gasteiger charge is -2.31. The molecule has 5 atom stereocenters. The molecule has 3 N–H and O–H groups in total. The summed E-state index contributed by atoms with van der Waals surface area (Å²) in [5, 5.41) is 17.8. The van der Waals surface area contributed by atoms with E-state index < -0.39 is 18.2 Å². The number of hydrogen-bond donors (Lipinski definition) is 3. The lowest BCUT2D eigenvalue weighted by Crippen LogP contribution is -2.49. The number of carbonyl (C=O) groups is 3. The summed E-state index contributed by atoms with van der Waals surface area (Å²) in [5.41, 5.74) is 1.06. The van der Waals surface area contributed by atoms with Crippen molar-refractivity contribution in [2.24, 2.45) is 23.7 Å². The second kappa shape index (κ2) is 18.4. The van der Waals surface area contributed by atoms with Crippen LogP contribution in [0.2, 0.25) is 0 Å². The van der Waals surface area contributed by atoms with Gasteiger partial charge in [-0.15, -0.1) is 0 Å². The lowest BCUT2D eigenvalue weighted by atomic mass is 9.81. The Morgan fingerprint density at radius 1 is 1.00 bits per heavy atom. The molecular formula is C35H56N2O5. The molecule has 236 valence electrons. The summed E-state index contributed by atoms with van der Waals surface area (Å²) in [4.78, 5) is 38.8. The van der Waals surface area contributed by atoms with Crippen molar-refractivity contribution in [2.75, 3.05) is 13.2 Å². The van der Waals surface area contributed by atoms with Gasteiger partial charge in [-0.3, -0.25) is 14.4 Å². The van der Waals surface area contributed by atoms with Gasteiger partial charge >= 0.3 is 0 Å². The van der Waals surface area contributed by atoms with Crippen molar-refractivity contribution < 1.29 is 24.2 Å². The van der Waals surface area contributed by atoms with Crippen LogP contribution in [0.1, 0.15) is 110 Å². The van der Waals surface area contributed by atoms with Crippen molar-refractivity contribution >= 4 is 17.6 Å². The van der Waals surface area contributed by atoms with Crippen LogP contribution in [0.4, 0.5) is 0 Å². The number of Topliss-reactive ketones (excluding diaryl/α,β-unsaturated/α-hetero) is 1. The van der Waals surface area contributed by atoms with Crippen LogP contribution < -0.4 is 10.6 Å². The SMILES string of the molecule is CCC(C)[C@H](NC(C)=O)C(=O)C[C@@H](CCCC1CCCCC1)C[C@H](O)[C@H](Cc1ccccc1)NC(=O)C1CCOCC1. The first kappa shape index (κ1) is 34.2. The monoisotopic (exact) mass is 584 g/mol. The van der Waals surface area contributed by atoms with Crippen molar-refractivity contribution in [3.63, 3.8) is 0 Å². The van der Waals surface area contributed by atoms with E-state index in [0.29, 0.717) is 45.3 Å². The average Bonchev–Trinajstić information content (AvgIpc) is 3.00. The van der Waals surface area contributed by atoms with Gasteiger partial charge in [0.25, 0.3) is 0 Å². The van der Waals surface area contributed by atoms with Crippen molar-refractivity contribution in [1.29, 1.82) is 0 Å². The van der Waals surface area contributed by atoms with E-state index in [1.54, 1.807) is 0 Å². The molecule has 0 aromatic heterocycles. The van der Waals surface area contributed by atoms with Gasteiger partial charge in [0.05, 0.1) is 18.2 Å². The topological polar surface area (TPSA) is 105 Å². The third-order valence-electron chi connectivity index (χ3n) is 9.62. The Morgan fingerprint density at radius 2 is 1.69 bits per heavy atom. The molecule has 1 aliphatic heterocycles. The Bertz CT molecular complexity index is 942. The third kappa shape index (κ3) is 11.8. The molecule has 1 saturated heterocycles. The minimum atomic E-state index is -0.788. The minimum Gasteiger partial charge on any atom is -0.391 e. The maximum absolute atomic E-state index is 13.6. The first-order valence-corrected chi connectivity index (χ1v) is 16.7. The fraction of sp³-hybridized carbons (Fsp3) is 0.743. The van der Waals surface area contributed by atoms with Gasteiger partial charge in [-0.2, -0.15) is 0 Å². The fourth-order valence-corrected chi connectivity index (χ4v) is 6.80.